The van der Waals surface area contributed by atoms with Crippen LogP contribution in [0, 0.1) is 23.7 Å². The van der Waals surface area contributed by atoms with Gasteiger partial charge in [-0.2, -0.15) is 0 Å². The minimum Gasteiger partial charge on any atom is -0.384 e. The summed E-state index contributed by atoms with van der Waals surface area (Å²) in [5, 5.41) is 3.08. The van der Waals surface area contributed by atoms with E-state index in [0.29, 0.717) is 25.3 Å². The molecular weight excluding hydrogens is 626 g/mol. The molecule has 278 valence electrons. The molecule has 4 amide bonds. The number of pyridine rings is 1. The van der Waals surface area contributed by atoms with Gasteiger partial charge in [0.25, 0.3) is 0 Å². The molecule has 1 aliphatic rings. The van der Waals surface area contributed by atoms with Crippen LogP contribution in [0.3, 0.4) is 0 Å². The molecule has 8 atom stereocenters. The van der Waals surface area contributed by atoms with Crippen LogP contribution < -0.4 is 16.8 Å². The second kappa shape index (κ2) is 19.2. The summed E-state index contributed by atoms with van der Waals surface area (Å²) in [5.74, 6) is -1.51. The minimum absolute atomic E-state index is 0.0199. The van der Waals surface area contributed by atoms with Crippen LogP contribution in [0.25, 0.3) is 0 Å². The number of methoxy groups -OCH3 is 2. The zero-order valence-corrected chi connectivity index (χ0v) is 31.6. The van der Waals surface area contributed by atoms with E-state index in [-0.39, 0.29) is 47.9 Å². The Bertz CT molecular complexity index is 1250. The van der Waals surface area contributed by atoms with Crippen molar-refractivity contribution < 1.29 is 28.7 Å². The molecule has 1 aliphatic heterocycles. The fraction of sp³-hybridized carbons (Fsp3) is 0.750. The first-order valence-corrected chi connectivity index (χ1v) is 17.6. The molecule has 8 unspecified atom stereocenters. The van der Waals surface area contributed by atoms with Gasteiger partial charge >= 0.3 is 0 Å². The number of hydrogen-bond donors (Lipinski definition) is 3. The van der Waals surface area contributed by atoms with Gasteiger partial charge in [-0.3, -0.25) is 24.1 Å². The number of nitrogens with two attached hydrogens (primary N) is 2. The maximum Gasteiger partial charge on any atom is 0.245 e. The number of primary amides is 1. The number of likely N-dealkylation sites (N-methyl/N-ethyl adjacent to an activating group) is 2. The Morgan fingerprint density at radius 3 is 2.22 bits per heavy atom. The van der Waals surface area contributed by atoms with E-state index in [0.717, 1.165) is 18.4 Å². The molecule has 49 heavy (non-hydrogen) atoms. The maximum absolute atomic E-state index is 14.3. The lowest BCUT2D eigenvalue weighted by Crippen LogP contribution is -2.60. The quantitative estimate of drug-likeness (QED) is 0.197. The number of aromatic nitrogens is 1. The highest BCUT2D eigenvalue weighted by Gasteiger charge is 2.43. The Morgan fingerprint density at radius 2 is 1.71 bits per heavy atom. The van der Waals surface area contributed by atoms with Gasteiger partial charge in [0.15, 0.2) is 0 Å². The van der Waals surface area contributed by atoms with Gasteiger partial charge in [-0.1, -0.05) is 54.9 Å². The molecule has 0 aliphatic carbocycles. The topological polar surface area (TPSA) is 173 Å². The highest BCUT2D eigenvalue weighted by Crippen LogP contribution is 2.29. The van der Waals surface area contributed by atoms with Crippen molar-refractivity contribution in [1.29, 1.82) is 0 Å². The van der Waals surface area contributed by atoms with Crippen molar-refractivity contribution in [2.75, 3.05) is 40.6 Å². The average Bonchev–Trinajstić information content (AvgIpc) is 3.52. The predicted octanol–water partition coefficient (Wildman–Crippen LogP) is 2.67. The summed E-state index contributed by atoms with van der Waals surface area (Å²) in [7, 11) is 6.70. The number of amides is 4. The second-order valence-electron chi connectivity index (χ2n) is 14.4. The minimum atomic E-state index is -0.802. The number of likely N-dealkylation sites (tertiary alicyclic amines) is 1. The third-order valence-electron chi connectivity index (χ3n) is 10.2. The van der Waals surface area contributed by atoms with E-state index in [1.54, 1.807) is 43.1 Å². The van der Waals surface area contributed by atoms with Crippen LogP contribution in [0.1, 0.15) is 79.7 Å². The lowest BCUT2D eigenvalue weighted by Gasteiger charge is -2.41. The fourth-order valence-corrected chi connectivity index (χ4v) is 7.28. The van der Waals surface area contributed by atoms with Gasteiger partial charge in [0, 0.05) is 40.6 Å². The molecular formula is C36H63N7O6. The van der Waals surface area contributed by atoms with Gasteiger partial charge in [0.2, 0.25) is 23.6 Å². The molecule has 0 aromatic carbocycles. The Hall–Kier alpha value is -3.29. The fourth-order valence-electron chi connectivity index (χ4n) is 7.28. The van der Waals surface area contributed by atoms with Gasteiger partial charge in [0.05, 0.1) is 42.7 Å². The summed E-state index contributed by atoms with van der Waals surface area (Å²) < 4.78 is 11.7. The molecule has 5 N–H and O–H groups in total. The molecule has 1 fully saturated rings. The first-order chi connectivity index (χ1) is 23.0. The molecule has 0 saturated carbocycles. The summed E-state index contributed by atoms with van der Waals surface area (Å²) in [6, 6.07) is 1.60. The van der Waals surface area contributed by atoms with Crippen molar-refractivity contribution >= 4 is 29.4 Å². The first-order valence-electron chi connectivity index (χ1n) is 17.6. The van der Waals surface area contributed by atoms with Gasteiger partial charge in [-0.05, 0) is 55.3 Å². The van der Waals surface area contributed by atoms with Crippen LogP contribution in [-0.4, -0.2) is 115 Å². The van der Waals surface area contributed by atoms with Gasteiger partial charge in [-0.15, -0.1) is 0 Å². The van der Waals surface area contributed by atoms with E-state index in [9.17, 15) is 19.2 Å². The second-order valence-corrected chi connectivity index (χ2v) is 14.4. The lowest BCUT2D eigenvalue weighted by atomic mass is 9.89. The van der Waals surface area contributed by atoms with E-state index in [1.165, 1.54) is 7.11 Å². The maximum atomic E-state index is 14.3. The predicted molar refractivity (Wildman–Crippen MR) is 191 cm³/mol. The third kappa shape index (κ3) is 10.8. The molecule has 1 aromatic rings. The molecule has 0 bridgehead atoms. The Morgan fingerprint density at radius 1 is 1.06 bits per heavy atom. The Labute approximate surface area is 293 Å². The van der Waals surface area contributed by atoms with Crippen molar-refractivity contribution in [3.63, 3.8) is 0 Å². The van der Waals surface area contributed by atoms with Crippen molar-refractivity contribution in [3.8, 4) is 0 Å². The summed E-state index contributed by atoms with van der Waals surface area (Å²) in [6.07, 6.45) is 2.77. The zero-order chi connectivity index (χ0) is 37.2. The molecule has 0 radical (unpaired) electrons. The number of anilines is 1. The van der Waals surface area contributed by atoms with E-state index >= 15 is 0 Å². The summed E-state index contributed by atoms with van der Waals surface area (Å²) in [4.78, 5) is 63.5. The number of ether oxygens (including phenoxy) is 2. The summed E-state index contributed by atoms with van der Waals surface area (Å²) in [6.45, 7) is 14.6. The molecule has 2 heterocycles. The number of nitrogens with zero attached hydrogens (tertiary/aromatic N) is 4. The van der Waals surface area contributed by atoms with Crippen LogP contribution >= 0.6 is 0 Å². The molecule has 13 nitrogen and oxygen atoms in total. The van der Waals surface area contributed by atoms with Crippen molar-refractivity contribution in [3.05, 3.63) is 23.9 Å². The standard InChI is InChI=1S/C36H63N7O6/c1-12-23(6)32(27(48-10)19-29(44)43-17-13-14-26(43)33(49-11)24(7)34(38)45)42(9)36(47)30(21(2)3)40-35(46)31(22(4)5)41(8)20-25-15-16-39-28(37)18-25/h15-16,18,21-24,26-27,30-33H,12-14,17,19-20H2,1-11H3,(H2,37,39)(H2,38,45)(H,40,46). The van der Waals surface area contributed by atoms with Gasteiger partial charge < -0.3 is 36.1 Å². The first kappa shape index (κ1) is 41.9. The summed E-state index contributed by atoms with van der Waals surface area (Å²) in [5.41, 5.74) is 12.4. The van der Waals surface area contributed by atoms with E-state index in [4.69, 9.17) is 20.9 Å². The monoisotopic (exact) mass is 689 g/mol. The zero-order valence-electron chi connectivity index (χ0n) is 31.6. The van der Waals surface area contributed by atoms with Crippen LogP contribution in [0.5, 0.6) is 0 Å². The van der Waals surface area contributed by atoms with Crippen LogP contribution in [0.2, 0.25) is 0 Å². The molecule has 1 aromatic heterocycles. The van der Waals surface area contributed by atoms with E-state index in [1.807, 2.05) is 59.6 Å². The summed E-state index contributed by atoms with van der Waals surface area (Å²) >= 11 is 0. The lowest BCUT2D eigenvalue weighted by molar-refractivity contribution is -0.148. The van der Waals surface area contributed by atoms with Crippen LogP contribution in [0.4, 0.5) is 5.82 Å². The molecule has 0 spiro atoms. The van der Waals surface area contributed by atoms with Crippen LogP contribution in [0.15, 0.2) is 18.3 Å². The van der Waals surface area contributed by atoms with Crippen LogP contribution in [-0.2, 0) is 35.2 Å². The Balaban J connectivity index is 2.30. The highest BCUT2D eigenvalue weighted by atomic mass is 16.5. The molecule has 1 saturated heterocycles. The van der Waals surface area contributed by atoms with Gasteiger partial charge in [-0.25, -0.2) is 4.98 Å². The number of carbonyl (C=O) groups excluding carboxylic acids is 4. The van der Waals surface area contributed by atoms with E-state index < -0.39 is 42.2 Å². The number of hydrogen-bond acceptors (Lipinski definition) is 9. The largest absolute Gasteiger partial charge is 0.384 e. The SMILES string of the molecule is CCC(C)C(C(CC(=O)N1CCCC1C(OC)C(C)C(N)=O)OC)N(C)C(=O)C(NC(=O)C(C(C)C)N(C)Cc1ccnc(N)c1)C(C)C. The average molecular weight is 690 g/mol. The van der Waals surface area contributed by atoms with Crippen molar-refractivity contribution in [2.45, 2.75) is 117 Å². The van der Waals surface area contributed by atoms with Gasteiger partial charge in [0.1, 0.15) is 11.9 Å². The van der Waals surface area contributed by atoms with E-state index in [2.05, 4.69) is 10.3 Å². The smallest absolute Gasteiger partial charge is 0.245 e. The molecule has 2 rings (SSSR count). The number of rotatable bonds is 19. The van der Waals surface area contributed by atoms with Crippen molar-refractivity contribution in [1.82, 2.24) is 25.0 Å². The number of carbonyl (C=O) groups is 4. The highest BCUT2D eigenvalue weighted by molar-refractivity contribution is 5.90. The third-order valence-corrected chi connectivity index (χ3v) is 10.2. The number of nitrogen functional groups attached to an aromatic ring is 1. The normalized spacial score (nSPS) is 19.3. The molecule has 13 heteroatoms. The van der Waals surface area contributed by atoms with Crippen molar-refractivity contribution in [2.24, 2.45) is 29.4 Å². The Kier molecular flexibility index (Phi) is 16.4. The number of nitrogens with one attached hydrogen (secondary N) is 1.